The second kappa shape index (κ2) is 5.93. The second-order valence-corrected chi connectivity index (χ2v) is 12.0. The molecule has 0 aromatic heterocycles. The Labute approximate surface area is 102 Å². The highest BCUT2D eigenvalue weighted by Crippen LogP contribution is 2.42. The molecule has 2 N–H and O–H groups in total. The normalized spacial score (nSPS) is 15.7. The van der Waals surface area contributed by atoms with Crippen molar-refractivity contribution in [3.63, 3.8) is 0 Å². The van der Waals surface area contributed by atoms with Crippen LogP contribution in [0.25, 0.3) is 0 Å². The van der Waals surface area contributed by atoms with Crippen LogP contribution in [0.5, 0.6) is 0 Å². The van der Waals surface area contributed by atoms with E-state index in [2.05, 4.69) is 0 Å². The van der Waals surface area contributed by atoms with E-state index in [4.69, 9.17) is 43.5 Å². The van der Waals surface area contributed by atoms with Gasteiger partial charge in [0.15, 0.2) is 0 Å². The summed E-state index contributed by atoms with van der Waals surface area (Å²) in [6.45, 7) is 1.68. The van der Waals surface area contributed by atoms with Crippen molar-refractivity contribution in [2.75, 3.05) is 0 Å². The zero-order valence-corrected chi connectivity index (χ0v) is 11.2. The molecule has 4 nitrogen and oxygen atoms in total. The Morgan fingerprint density at radius 1 is 1.27 bits per heavy atom. The molecule has 0 amide bonds. The summed E-state index contributed by atoms with van der Waals surface area (Å²) in [5.74, 6) is -3.57. The van der Waals surface area contributed by atoms with E-state index in [1.807, 2.05) is 0 Å². The van der Waals surface area contributed by atoms with Gasteiger partial charge in [-0.25, -0.2) is 0 Å². The summed E-state index contributed by atoms with van der Waals surface area (Å²) in [6.07, 6.45) is -0.179. The van der Waals surface area contributed by atoms with Crippen LogP contribution in [0.15, 0.2) is 0 Å². The number of carbonyl (C=O) groups is 2. The third-order valence-electron chi connectivity index (χ3n) is 2.06. The first kappa shape index (κ1) is 15.0. The van der Waals surface area contributed by atoms with Crippen molar-refractivity contribution in [3.05, 3.63) is 0 Å². The highest BCUT2D eigenvalue weighted by molar-refractivity contribution is 7.65. The number of rotatable bonds is 6. The molecule has 15 heavy (non-hydrogen) atoms. The number of hydrogen-bond donors (Lipinski definition) is 2. The monoisotopic (exact) mass is 292 g/mol. The van der Waals surface area contributed by atoms with Crippen LogP contribution in [-0.4, -0.2) is 28.2 Å². The maximum atomic E-state index is 10.9. The molecule has 2 unspecified atom stereocenters. The Bertz CT molecular complexity index is 253. The zero-order chi connectivity index (χ0) is 12.2. The average Bonchev–Trinajstić information content (AvgIpc) is 2.00. The van der Waals surface area contributed by atoms with Crippen LogP contribution >= 0.6 is 33.2 Å². The molecule has 0 aliphatic heterocycles. The first-order valence-electron chi connectivity index (χ1n) is 4.21. The predicted molar refractivity (Wildman–Crippen MR) is 60.7 cm³/mol. The van der Waals surface area contributed by atoms with Crippen LogP contribution in [0.3, 0.4) is 0 Å². The fourth-order valence-electron chi connectivity index (χ4n) is 1.33. The van der Waals surface area contributed by atoms with Crippen LogP contribution in [0.2, 0.25) is 5.54 Å². The van der Waals surface area contributed by atoms with Gasteiger partial charge in [-0.15, -0.1) is 33.2 Å². The van der Waals surface area contributed by atoms with Crippen molar-refractivity contribution in [1.29, 1.82) is 0 Å². The van der Waals surface area contributed by atoms with Crippen LogP contribution < -0.4 is 0 Å². The van der Waals surface area contributed by atoms with Crippen molar-refractivity contribution in [1.82, 2.24) is 0 Å². The molecule has 0 rings (SSSR count). The maximum Gasteiger partial charge on any atom is 0.345 e. The van der Waals surface area contributed by atoms with Crippen LogP contribution in [0.1, 0.15) is 19.8 Å². The lowest BCUT2D eigenvalue weighted by Crippen LogP contribution is -2.33. The molecular formula is C7H11Cl3O4Si. The summed E-state index contributed by atoms with van der Waals surface area (Å²) >= 11 is 17.2. The smallest absolute Gasteiger partial charge is 0.345 e. The summed E-state index contributed by atoms with van der Waals surface area (Å²) in [7, 11) is 0. The molecule has 0 bridgehead atoms. The number of hydrogen-bond acceptors (Lipinski definition) is 2. The molecule has 0 aromatic carbocycles. The van der Waals surface area contributed by atoms with E-state index in [0.29, 0.717) is 6.42 Å². The third kappa shape index (κ3) is 5.06. The minimum absolute atomic E-state index is 0.340. The first-order valence-corrected chi connectivity index (χ1v) is 9.32. The van der Waals surface area contributed by atoms with Gasteiger partial charge in [0.05, 0.1) is 12.3 Å². The number of halogens is 3. The van der Waals surface area contributed by atoms with Gasteiger partial charge in [0.1, 0.15) is 0 Å². The molecule has 0 aliphatic rings. The molecule has 0 heterocycles. The molecule has 2 atom stereocenters. The number of carboxylic acids is 2. The van der Waals surface area contributed by atoms with Gasteiger partial charge in [0, 0.05) is 5.54 Å². The Morgan fingerprint density at radius 2 is 1.73 bits per heavy atom. The standard InChI is InChI=1S/C7H11Cl3O4Si/c1-2-5(15(8,9)10)4(7(13)14)3-6(11)12/h4-5H,2-3H2,1H3,(H,11,12)(H,13,14). The highest BCUT2D eigenvalue weighted by Gasteiger charge is 2.44. The van der Waals surface area contributed by atoms with E-state index in [9.17, 15) is 9.59 Å². The lowest BCUT2D eigenvalue weighted by atomic mass is 9.99. The topological polar surface area (TPSA) is 74.6 Å². The highest BCUT2D eigenvalue weighted by atomic mass is 35.8. The van der Waals surface area contributed by atoms with Crippen molar-refractivity contribution >= 4 is 51.2 Å². The van der Waals surface area contributed by atoms with Gasteiger partial charge in [-0.1, -0.05) is 13.3 Å². The van der Waals surface area contributed by atoms with Gasteiger partial charge in [-0.05, 0) is 0 Å². The minimum atomic E-state index is -3.21. The van der Waals surface area contributed by atoms with E-state index < -0.39 is 35.8 Å². The summed E-state index contributed by atoms with van der Waals surface area (Å²) in [5, 5.41) is 17.4. The molecule has 0 saturated heterocycles. The lowest BCUT2D eigenvalue weighted by Gasteiger charge is -2.25. The SMILES string of the molecule is CCC(C(CC(=O)O)C(=O)O)[Si](Cl)(Cl)Cl. The Hall–Kier alpha value is 0.0269. The third-order valence-corrected chi connectivity index (χ3v) is 6.23. The van der Waals surface area contributed by atoms with Crippen LogP contribution in [0.4, 0.5) is 0 Å². The van der Waals surface area contributed by atoms with Gasteiger partial charge >= 0.3 is 17.9 Å². The van der Waals surface area contributed by atoms with E-state index in [0.717, 1.165) is 0 Å². The summed E-state index contributed by atoms with van der Waals surface area (Å²) in [4.78, 5) is 21.3. The first-order chi connectivity index (χ1) is 6.70. The summed E-state index contributed by atoms with van der Waals surface area (Å²) in [6, 6.07) is -3.21. The van der Waals surface area contributed by atoms with Gasteiger partial charge in [0.25, 0.3) is 0 Å². The van der Waals surface area contributed by atoms with Gasteiger partial charge in [0.2, 0.25) is 0 Å². The lowest BCUT2D eigenvalue weighted by molar-refractivity contribution is -0.148. The molecule has 0 radical (unpaired) electrons. The fraction of sp³-hybridized carbons (Fsp3) is 0.714. The summed E-state index contributed by atoms with van der Waals surface area (Å²) < 4.78 is 0. The van der Waals surface area contributed by atoms with E-state index in [-0.39, 0.29) is 0 Å². The Balaban J connectivity index is 4.87. The molecule has 0 fully saturated rings. The molecule has 88 valence electrons. The minimum Gasteiger partial charge on any atom is -0.481 e. The van der Waals surface area contributed by atoms with Gasteiger partial charge < -0.3 is 10.2 Å². The zero-order valence-electron chi connectivity index (χ0n) is 7.91. The van der Waals surface area contributed by atoms with E-state index >= 15 is 0 Å². The van der Waals surface area contributed by atoms with E-state index in [1.165, 1.54) is 0 Å². The molecule has 0 saturated carbocycles. The fourth-order valence-corrected chi connectivity index (χ4v) is 5.27. The maximum absolute atomic E-state index is 10.9. The van der Waals surface area contributed by atoms with Gasteiger partial charge in [-0.3, -0.25) is 9.59 Å². The largest absolute Gasteiger partial charge is 0.481 e. The quantitative estimate of drug-likeness (QED) is 0.583. The van der Waals surface area contributed by atoms with Crippen LogP contribution in [-0.2, 0) is 9.59 Å². The second-order valence-electron chi connectivity index (χ2n) is 3.10. The van der Waals surface area contributed by atoms with Gasteiger partial charge in [-0.2, -0.15) is 0 Å². The number of carboxylic acid groups (broad SMARTS) is 2. The molecular weight excluding hydrogens is 283 g/mol. The van der Waals surface area contributed by atoms with Crippen molar-refractivity contribution in [2.24, 2.45) is 5.92 Å². The Kier molecular flexibility index (Phi) is 5.95. The average molecular weight is 294 g/mol. The molecule has 8 heteroatoms. The number of aliphatic carboxylic acids is 2. The molecule has 0 aromatic rings. The van der Waals surface area contributed by atoms with Crippen molar-refractivity contribution in [2.45, 2.75) is 25.3 Å². The predicted octanol–water partition coefficient (Wildman–Crippen LogP) is 2.60. The van der Waals surface area contributed by atoms with E-state index in [1.54, 1.807) is 6.92 Å². The summed E-state index contributed by atoms with van der Waals surface area (Å²) in [5.41, 5.74) is -0.684. The van der Waals surface area contributed by atoms with Crippen molar-refractivity contribution < 1.29 is 19.8 Å². The Morgan fingerprint density at radius 3 is 1.93 bits per heavy atom. The molecule has 0 spiro atoms. The molecule has 0 aliphatic carbocycles. The van der Waals surface area contributed by atoms with Crippen LogP contribution in [0, 0.1) is 5.92 Å². The van der Waals surface area contributed by atoms with Crippen molar-refractivity contribution in [3.8, 4) is 0 Å².